The highest BCUT2D eigenvalue weighted by Crippen LogP contribution is 2.33. The van der Waals surface area contributed by atoms with Crippen LogP contribution in [0.5, 0.6) is 0 Å². The van der Waals surface area contributed by atoms with Crippen LogP contribution in [0.3, 0.4) is 0 Å². The van der Waals surface area contributed by atoms with Gasteiger partial charge in [-0.3, -0.25) is 4.79 Å². The number of benzene rings is 1. The van der Waals surface area contributed by atoms with E-state index in [9.17, 15) is 9.59 Å². The Balaban J connectivity index is 1.98. The quantitative estimate of drug-likeness (QED) is 0.706. The Morgan fingerprint density at radius 2 is 1.95 bits per heavy atom. The maximum absolute atomic E-state index is 12.4. The summed E-state index contributed by atoms with van der Waals surface area (Å²) in [5, 5.41) is 11.7. The zero-order valence-corrected chi connectivity index (χ0v) is 13.3. The van der Waals surface area contributed by atoms with Gasteiger partial charge in [0.15, 0.2) is 0 Å². The number of thiophene rings is 1. The van der Waals surface area contributed by atoms with Gasteiger partial charge in [0.05, 0.1) is 9.90 Å². The predicted molar refractivity (Wildman–Crippen MR) is 87.3 cm³/mol. The lowest BCUT2D eigenvalue weighted by atomic mass is 10.1. The Kier molecular flexibility index (Phi) is 4.06. The summed E-state index contributed by atoms with van der Waals surface area (Å²) in [7, 11) is 0. The fourth-order valence-electron chi connectivity index (χ4n) is 1.92. The molecule has 110 valence electrons. The van der Waals surface area contributed by atoms with Crippen molar-refractivity contribution in [2.24, 2.45) is 0 Å². The first-order valence-corrected chi connectivity index (χ1v) is 8.21. The molecule has 0 unspecified atom stereocenters. The van der Waals surface area contributed by atoms with Crippen LogP contribution in [0, 0.1) is 0 Å². The lowest BCUT2D eigenvalue weighted by molar-refractivity contribution is 0.0702. The number of halogens is 1. The summed E-state index contributed by atoms with van der Waals surface area (Å²) in [6.07, 6.45) is 1.45. The van der Waals surface area contributed by atoms with Crippen LogP contribution in [-0.4, -0.2) is 21.8 Å². The number of nitrogens with zero attached hydrogens (tertiary/aromatic N) is 1. The number of carbonyl (C=O) groups excluding carboxylic acids is 1. The van der Waals surface area contributed by atoms with Gasteiger partial charge in [-0.25, -0.2) is 9.78 Å². The normalized spacial score (nSPS) is 10.6. The van der Waals surface area contributed by atoms with Crippen molar-refractivity contribution in [3.63, 3.8) is 0 Å². The molecule has 0 spiro atoms. The van der Waals surface area contributed by atoms with Crippen molar-refractivity contribution in [3.8, 4) is 10.6 Å². The number of aromatic nitrogens is 1. The predicted octanol–water partition coefficient (Wildman–Crippen LogP) is 4.45. The number of hydrogen-bond acceptors (Lipinski definition) is 5. The second-order valence-electron chi connectivity index (χ2n) is 4.31. The van der Waals surface area contributed by atoms with Crippen molar-refractivity contribution in [1.29, 1.82) is 0 Å². The third-order valence-corrected chi connectivity index (χ3v) is 5.20. The van der Waals surface area contributed by atoms with Gasteiger partial charge in [0, 0.05) is 17.3 Å². The first-order chi connectivity index (χ1) is 10.6. The van der Waals surface area contributed by atoms with Gasteiger partial charge in [0.25, 0.3) is 0 Å². The molecule has 0 aliphatic heterocycles. The molecule has 0 saturated heterocycles. The lowest BCUT2D eigenvalue weighted by Crippen LogP contribution is -1.98. The molecule has 0 bridgehead atoms. The molecule has 7 heteroatoms. The zero-order chi connectivity index (χ0) is 15.7. The summed E-state index contributed by atoms with van der Waals surface area (Å²) in [4.78, 5) is 28.4. The first-order valence-electron chi connectivity index (χ1n) is 6.14. The fraction of sp³-hybridized carbons (Fsp3) is 0. The first kappa shape index (κ1) is 14.9. The molecular weight excluding hydrogens is 342 g/mol. The SMILES string of the molecule is O=C(c1cnc(-c2ccsc2C(=O)O)s1)c1ccccc1Cl. The largest absolute Gasteiger partial charge is 0.477 e. The standard InChI is InChI=1S/C15H8ClNO3S2/c16-10-4-2-1-3-8(10)12(18)11-7-17-14(22-11)9-5-6-21-13(9)15(19)20/h1-7H,(H,19,20). The highest BCUT2D eigenvalue weighted by molar-refractivity contribution is 7.18. The molecule has 2 aromatic heterocycles. The molecular formula is C15H8ClNO3S2. The van der Waals surface area contributed by atoms with E-state index in [4.69, 9.17) is 16.7 Å². The topological polar surface area (TPSA) is 67.3 Å². The van der Waals surface area contributed by atoms with Crippen LogP contribution in [0.2, 0.25) is 5.02 Å². The monoisotopic (exact) mass is 349 g/mol. The Labute approximate surface area is 138 Å². The number of hydrogen-bond donors (Lipinski definition) is 1. The maximum Gasteiger partial charge on any atom is 0.346 e. The van der Waals surface area contributed by atoms with Crippen LogP contribution < -0.4 is 0 Å². The molecule has 4 nitrogen and oxygen atoms in total. The van der Waals surface area contributed by atoms with E-state index in [1.165, 1.54) is 6.20 Å². The molecule has 3 rings (SSSR count). The van der Waals surface area contributed by atoms with Crippen LogP contribution in [0.4, 0.5) is 0 Å². The minimum atomic E-state index is -1.00. The van der Waals surface area contributed by atoms with Crippen molar-refractivity contribution in [2.75, 3.05) is 0 Å². The molecule has 2 heterocycles. The van der Waals surface area contributed by atoms with Crippen LogP contribution in [0.15, 0.2) is 41.9 Å². The summed E-state index contributed by atoms with van der Waals surface area (Å²) in [6, 6.07) is 8.48. The summed E-state index contributed by atoms with van der Waals surface area (Å²) in [5.41, 5.74) is 0.934. The van der Waals surface area contributed by atoms with Crippen LogP contribution in [-0.2, 0) is 0 Å². The number of rotatable bonds is 4. The molecule has 0 atom stereocenters. The highest BCUT2D eigenvalue weighted by Gasteiger charge is 2.19. The van der Waals surface area contributed by atoms with Gasteiger partial charge in [0.2, 0.25) is 5.78 Å². The highest BCUT2D eigenvalue weighted by atomic mass is 35.5. The third-order valence-electron chi connectivity index (χ3n) is 2.94. The van der Waals surface area contributed by atoms with Gasteiger partial charge in [-0.15, -0.1) is 22.7 Å². The van der Waals surface area contributed by atoms with Crippen LogP contribution in [0.25, 0.3) is 10.6 Å². The number of carboxylic acid groups (broad SMARTS) is 1. The summed E-state index contributed by atoms with van der Waals surface area (Å²) < 4.78 is 0. The molecule has 1 aromatic carbocycles. The number of carbonyl (C=O) groups is 2. The Hall–Kier alpha value is -2.02. The average Bonchev–Trinajstić information content (AvgIpc) is 3.15. The van der Waals surface area contributed by atoms with Crippen molar-refractivity contribution in [2.45, 2.75) is 0 Å². The number of thiazole rings is 1. The van der Waals surface area contributed by atoms with Gasteiger partial charge in [-0.05, 0) is 23.6 Å². The summed E-state index contributed by atoms with van der Waals surface area (Å²) >= 11 is 8.32. The molecule has 22 heavy (non-hydrogen) atoms. The molecule has 0 radical (unpaired) electrons. The van der Waals surface area contributed by atoms with Gasteiger partial charge in [-0.1, -0.05) is 23.7 Å². The van der Waals surface area contributed by atoms with Crippen molar-refractivity contribution < 1.29 is 14.7 Å². The molecule has 0 saturated carbocycles. The minimum absolute atomic E-state index is 0.214. The number of carboxylic acids is 1. The Morgan fingerprint density at radius 1 is 1.18 bits per heavy atom. The van der Waals surface area contributed by atoms with Gasteiger partial charge in [0.1, 0.15) is 9.88 Å². The number of ketones is 1. The zero-order valence-electron chi connectivity index (χ0n) is 10.9. The molecule has 0 aliphatic carbocycles. The van der Waals surface area contributed by atoms with Gasteiger partial charge in [-0.2, -0.15) is 0 Å². The second kappa shape index (κ2) is 6.00. The smallest absolute Gasteiger partial charge is 0.346 e. The average molecular weight is 350 g/mol. The third kappa shape index (κ3) is 2.68. The van der Waals surface area contributed by atoms with Crippen LogP contribution >= 0.6 is 34.3 Å². The van der Waals surface area contributed by atoms with Gasteiger partial charge < -0.3 is 5.11 Å². The van der Waals surface area contributed by atoms with Crippen molar-refractivity contribution in [1.82, 2.24) is 4.98 Å². The molecule has 0 aliphatic rings. The molecule has 3 aromatic rings. The van der Waals surface area contributed by atoms with E-state index < -0.39 is 5.97 Å². The van der Waals surface area contributed by atoms with E-state index in [2.05, 4.69) is 4.98 Å². The van der Waals surface area contributed by atoms with E-state index in [0.717, 1.165) is 22.7 Å². The minimum Gasteiger partial charge on any atom is -0.477 e. The second-order valence-corrected chi connectivity index (χ2v) is 6.66. The Morgan fingerprint density at radius 3 is 2.68 bits per heavy atom. The van der Waals surface area contributed by atoms with E-state index in [-0.39, 0.29) is 10.7 Å². The summed E-state index contributed by atoms with van der Waals surface area (Å²) in [5.74, 6) is -1.22. The Bertz CT molecular complexity index is 869. The number of aromatic carboxylic acids is 1. The van der Waals surface area contributed by atoms with E-state index in [0.29, 0.717) is 26.0 Å². The lowest BCUT2D eigenvalue weighted by Gasteiger charge is -1.99. The molecule has 1 N–H and O–H groups in total. The molecule has 0 amide bonds. The van der Waals surface area contributed by atoms with E-state index in [1.807, 2.05) is 0 Å². The van der Waals surface area contributed by atoms with Crippen molar-refractivity contribution >= 4 is 46.0 Å². The van der Waals surface area contributed by atoms with E-state index in [1.54, 1.807) is 35.7 Å². The maximum atomic E-state index is 12.4. The molecule has 0 fully saturated rings. The fourth-order valence-corrected chi connectivity index (χ4v) is 3.85. The van der Waals surface area contributed by atoms with Crippen LogP contribution in [0.1, 0.15) is 24.9 Å². The summed E-state index contributed by atoms with van der Waals surface area (Å²) in [6.45, 7) is 0. The van der Waals surface area contributed by atoms with Crippen molar-refractivity contribution in [3.05, 3.63) is 62.2 Å². The van der Waals surface area contributed by atoms with E-state index >= 15 is 0 Å². The van der Waals surface area contributed by atoms with Gasteiger partial charge >= 0.3 is 5.97 Å².